The molecule has 1 N–H and O–H groups in total. The van der Waals surface area contributed by atoms with E-state index in [0.717, 1.165) is 25.1 Å². The molecule has 0 saturated carbocycles. The van der Waals surface area contributed by atoms with E-state index >= 15 is 0 Å². The zero-order chi connectivity index (χ0) is 16.9. The molecule has 1 fully saturated rings. The number of aromatic nitrogens is 2. The zero-order valence-electron chi connectivity index (χ0n) is 14.1. The Morgan fingerprint density at radius 3 is 2.30 bits per heavy atom. The van der Waals surface area contributed by atoms with Crippen LogP contribution < -0.4 is 5.32 Å². The number of rotatable bonds is 7. The molecule has 0 unspecified atom stereocenters. The second-order valence-corrected chi connectivity index (χ2v) is 7.95. The average molecular weight is 342 g/mol. The van der Waals surface area contributed by atoms with E-state index in [1.54, 1.807) is 14.1 Å². The summed E-state index contributed by atoms with van der Waals surface area (Å²) in [6.45, 7) is 6.14. The molecular formula is C14H26N6O2S. The Morgan fingerprint density at radius 1 is 1.17 bits per heavy atom. The Labute approximate surface area is 138 Å². The minimum absolute atomic E-state index is 0.511. The van der Waals surface area contributed by atoms with Crippen LogP contribution in [0.5, 0.6) is 0 Å². The first-order valence-electron chi connectivity index (χ1n) is 7.88. The maximum absolute atomic E-state index is 12.1. The molecule has 1 aromatic rings. The van der Waals surface area contributed by atoms with Crippen LogP contribution in [-0.4, -0.2) is 78.7 Å². The minimum atomic E-state index is -3.30. The van der Waals surface area contributed by atoms with Gasteiger partial charge in [-0.05, 0) is 6.42 Å². The fraction of sp³-hybridized carbons (Fsp3) is 0.714. The summed E-state index contributed by atoms with van der Waals surface area (Å²) in [4.78, 5) is 10.8. The highest BCUT2D eigenvalue weighted by molar-refractivity contribution is 7.86. The van der Waals surface area contributed by atoms with Crippen LogP contribution in [0.15, 0.2) is 12.4 Å². The van der Waals surface area contributed by atoms with Gasteiger partial charge in [0.1, 0.15) is 0 Å². The van der Waals surface area contributed by atoms with Crippen LogP contribution >= 0.6 is 0 Å². The van der Waals surface area contributed by atoms with Crippen LogP contribution in [0.25, 0.3) is 0 Å². The molecule has 0 aliphatic carbocycles. The van der Waals surface area contributed by atoms with E-state index in [4.69, 9.17) is 0 Å². The van der Waals surface area contributed by atoms with Gasteiger partial charge in [0.15, 0.2) is 0 Å². The van der Waals surface area contributed by atoms with Crippen molar-refractivity contribution in [2.45, 2.75) is 19.9 Å². The lowest BCUT2D eigenvalue weighted by atomic mass is 10.3. The van der Waals surface area contributed by atoms with Crippen LogP contribution in [-0.2, 0) is 16.8 Å². The molecule has 0 bridgehead atoms. The highest BCUT2D eigenvalue weighted by atomic mass is 32.2. The van der Waals surface area contributed by atoms with Crippen molar-refractivity contribution in [3.8, 4) is 0 Å². The van der Waals surface area contributed by atoms with Crippen molar-refractivity contribution < 1.29 is 8.42 Å². The summed E-state index contributed by atoms with van der Waals surface area (Å²) in [6.07, 6.45) is 4.69. The van der Waals surface area contributed by atoms with Crippen LogP contribution in [0.3, 0.4) is 0 Å². The minimum Gasteiger partial charge on any atom is -0.354 e. The van der Waals surface area contributed by atoms with Crippen molar-refractivity contribution in [1.29, 1.82) is 0 Å². The van der Waals surface area contributed by atoms with E-state index in [0.29, 0.717) is 32.1 Å². The zero-order valence-corrected chi connectivity index (χ0v) is 14.9. The monoisotopic (exact) mass is 342 g/mol. The van der Waals surface area contributed by atoms with E-state index in [-0.39, 0.29) is 0 Å². The fourth-order valence-electron chi connectivity index (χ4n) is 2.37. The molecule has 2 rings (SSSR count). The summed E-state index contributed by atoms with van der Waals surface area (Å²) >= 11 is 0. The molecule has 1 saturated heterocycles. The Morgan fingerprint density at radius 2 is 1.78 bits per heavy atom. The lowest BCUT2D eigenvalue weighted by molar-refractivity contribution is 0.177. The Hall–Kier alpha value is -1.29. The SMILES string of the molecule is CCCNc1ncc(CN2CCN(S(=O)(=O)N(C)C)CC2)cn1. The molecule has 0 spiro atoms. The maximum atomic E-state index is 12.1. The normalized spacial score (nSPS) is 17.6. The van der Waals surface area contributed by atoms with E-state index in [1.165, 1.54) is 8.61 Å². The molecule has 23 heavy (non-hydrogen) atoms. The summed E-state index contributed by atoms with van der Waals surface area (Å²) < 4.78 is 26.9. The Bertz CT molecular complexity index is 582. The number of anilines is 1. The summed E-state index contributed by atoms with van der Waals surface area (Å²) in [6, 6.07) is 0. The van der Waals surface area contributed by atoms with Crippen molar-refractivity contribution in [1.82, 2.24) is 23.5 Å². The van der Waals surface area contributed by atoms with Crippen LogP contribution in [0, 0.1) is 0 Å². The number of hydrogen-bond acceptors (Lipinski definition) is 6. The predicted molar refractivity (Wildman–Crippen MR) is 90.3 cm³/mol. The number of nitrogens with one attached hydrogen (secondary N) is 1. The smallest absolute Gasteiger partial charge is 0.281 e. The molecule has 0 atom stereocenters. The third-order valence-electron chi connectivity index (χ3n) is 3.76. The van der Waals surface area contributed by atoms with Gasteiger partial charge in [-0.15, -0.1) is 0 Å². The summed E-state index contributed by atoms with van der Waals surface area (Å²) in [5.41, 5.74) is 1.04. The molecule has 130 valence electrons. The number of nitrogens with zero attached hydrogens (tertiary/aromatic N) is 5. The Kier molecular flexibility index (Phi) is 6.28. The molecular weight excluding hydrogens is 316 g/mol. The Balaban J connectivity index is 1.84. The van der Waals surface area contributed by atoms with Gasteiger partial charge < -0.3 is 5.32 Å². The lowest BCUT2D eigenvalue weighted by Crippen LogP contribution is -2.51. The first-order valence-corrected chi connectivity index (χ1v) is 9.28. The van der Waals surface area contributed by atoms with E-state index < -0.39 is 10.2 Å². The van der Waals surface area contributed by atoms with Gasteiger partial charge >= 0.3 is 0 Å². The van der Waals surface area contributed by atoms with Crippen molar-refractivity contribution >= 4 is 16.2 Å². The van der Waals surface area contributed by atoms with E-state index in [2.05, 4.69) is 27.1 Å². The second kappa shape index (κ2) is 8.00. The van der Waals surface area contributed by atoms with Crippen molar-refractivity contribution in [2.75, 3.05) is 52.1 Å². The van der Waals surface area contributed by atoms with Crippen LogP contribution in [0.2, 0.25) is 0 Å². The van der Waals surface area contributed by atoms with Gasteiger partial charge in [-0.25, -0.2) is 9.97 Å². The largest absolute Gasteiger partial charge is 0.354 e. The summed E-state index contributed by atoms with van der Waals surface area (Å²) in [5.74, 6) is 0.650. The molecule has 8 nitrogen and oxygen atoms in total. The summed E-state index contributed by atoms with van der Waals surface area (Å²) in [5, 5.41) is 3.14. The van der Waals surface area contributed by atoms with Crippen LogP contribution in [0.4, 0.5) is 5.95 Å². The van der Waals surface area contributed by atoms with Gasteiger partial charge in [0.2, 0.25) is 5.95 Å². The molecule has 9 heteroatoms. The predicted octanol–water partition coefficient (Wildman–Crippen LogP) is 0.223. The first kappa shape index (κ1) is 18.1. The number of hydrogen-bond donors (Lipinski definition) is 1. The van der Waals surface area contributed by atoms with E-state index in [9.17, 15) is 8.42 Å². The molecule has 1 aromatic heterocycles. The quantitative estimate of drug-likeness (QED) is 0.763. The molecule has 2 heterocycles. The average Bonchev–Trinajstić information content (AvgIpc) is 2.54. The first-order chi connectivity index (χ1) is 10.9. The number of piperazine rings is 1. The highest BCUT2D eigenvalue weighted by Gasteiger charge is 2.28. The van der Waals surface area contributed by atoms with Gasteiger partial charge in [-0.1, -0.05) is 6.92 Å². The van der Waals surface area contributed by atoms with Crippen molar-refractivity contribution in [2.24, 2.45) is 0 Å². The fourth-order valence-corrected chi connectivity index (χ4v) is 3.46. The van der Waals surface area contributed by atoms with Gasteiger partial charge in [-0.2, -0.15) is 17.0 Å². The summed E-state index contributed by atoms with van der Waals surface area (Å²) in [7, 11) is -0.178. The van der Waals surface area contributed by atoms with Gasteiger partial charge in [-0.3, -0.25) is 4.90 Å². The molecule has 1 aliphatic rings. The highest BCUT2D eigenvalue weighted by Crippen LogP contribution is 2.12. The molecule has 0 aromatic carbocycles. The third kappa shape index (κ3) is 4.84. The molecule has 0 radical (unpaired) electrons. The maximum Gasteiger partial charge on any atom is 0.281 e. The molecule has 1 aliphatic heterocycles. The van der Waals surface area contributed by atoms with Crippen molar-refractivity contribution in [3.63, 3.8) is 0 Å². The topological polar surface area (TPSA) is 81.7 Å². The van der Waals surface area contributed by atoms with Gasteiger partial charge in [0, 0.05) is 71.3 Å². The van der Waals surface area contributed by atoms with Gasteiger partial charge in [0.25, 0.3) is 10.2 Å². The third-order valence-corrected chi connectivity index (χ3v) is 5.70. The standard InChI is InChI=1S/C14H26N6O2S/c1-4-5-15-14-16-10-13(11-17-14)12-19-6-8-20(9-7-19)23(21,22)18(2)3/h10-11H,4-9,12H2,1-3H3,(H,15,16,17). The molecule has 0 amide bonds. The van der Waals surface area contributed by atoms with Gasteiger partial charge in [0.05, 0.1) is 0 Å². The lowest BCUT2D eigenvalue weighted by Gasteiger charge is -2.35. The second-order valence-electron chi connectivity index (χ2n) is 5.81. The van der Waals surface area contributed by atoms with Crippen LogP contribution in [0.1, 0.15) is 18.9 Å². The van der Waals surface area contributed by atoms with Crippen molar-refractivity contribution in [3.05, 3.63) is 18.0 Å². The van der Waals surface area contributed by atoms with E-state index in [1.807, 2.05) is 12.4 Å².